The first-order chi connectivity index (χ1) is 36.3. The standard InChI is InChI=1S/2C32H30N2O2P/c2*1-21-9-7-8-12-23(21)28-24-13-15-26-29(35-19-17-33(26)2)31(24)37(22-10-5-4-6-11-22)32-25(28)14-16-27-30(32)36-20-18-34(27)3/h2*4-16H,17-20H2,1-3H3/q2*+1. The van der Waals surface area contributed by atoms with E-state index in [0.29, 0.717) is 26.4 Å². The maximum absolute atomic E-state index is 6.55. The third-order valence-electron chi connectivity index (χ3n) is 15.6. The first-order valence-electron chi connectivity index (χ1n) is 25.9. The van der Waals surface area contributed by atoms with Crippen molar-refractivity contribution in [2.45, 2.75) is 13.8 Å². The Bertz CT molecular complexity index is 3450. The summed E-state index contributed by atoms with van der Waals surface area (Å²) in [5.41, 5.74) is 12.3. The van der Waals surface area contributed by atoms with Gasteiger partial charge in [-0.25, -0.2) is 0 Å². The molecule has 0 saturated carbocycles. The topological polar surface area (TPSA) is 49.9 Å². The van der Waals surface area contributed by atoms with Gasteiger partial charge in [0.25, 0.3) is 0 Å². The molecule has 0 atom stereocenters. The van der Waals surface area contributed by atoms with Gasteiger partial charge in [0.15, 0.2) is 48.7 Å². The number of anilines is 4. The number of hydrogen-bond donors (Lipinski definition) is 0. The van der Waals surface area contributed by atoms with E-state index >= 15 is 0 Å². The van der Waals surface area contributed by atoms with E-state index in [9.17, 15) is 0 Å². The molecule has 14 rings (SSSR count). The summed E-state index contributed by atoms with van der Waals surface area (Å²) >= 11 is 0. The van der Waals surface area contributed by atoms with E-state index in [-0.39, 0.29) is 0 Å². The van der Waals surface area contributed by atoms with Gasteiger partial charge in [0.1, 0.15) is 26.4 Å². The van der Waals surface area contributed by atoms with Crippen LogP contribution in [0.3, 0.4) is 0 Å². The van der Waals surface area contributed by atoms with Crippen molar-refractivity contribution in [2.24, 2.45) is 0 Å². The Kier molecular flexibility index (Phi) is 11.7. The number of rotatable bonds is 4. The molecule has 10 heteroatoms. The molecular formula is C64H60N4O4P2+2. The van der Waals surface area contributed by atoms with Crippen molar-refractivity contribution < 1.29 is 18.9 Å². The lowest BCUT2D eigenvalue weighted by Gasteiger charge is -2.29. The second kappa shape index (κ2) is 18.8. The summed E-state index contributed by atoms with van der Waals surface area (Å²) in [7, 11) is 6.84. The molecule has 0 unspecified atom stereocenters. The highest BCUT2D eigenvalue weighted by molar-refractivity contribution is 7.68. The van der Waals surface area contributed by atoms with Gasteiger partial charge in [-0.1, -0.05) is 84.9 Å². The van der Waals surface area contributed by atoms with Crippen LogP contribution >= 0.6 is 15.1 Å². The monoisotopic (exact) mass is 1010 g/mol. The van der Waals surface area contributed by atoms with Gasteiger partial charge in [-0.05, 0) is 109 Å². The molecule has 368 valence electrons. The van der Waals surface area contributed by atoms with E-state index in [4.69, 9.17) is 18.9 Å². The Morgan fingerprint density at radius 1 is 0.324 bits per heavy atom. The second-order valence-corrected chi connectivity index (χ2v) is 24.2. The van der Waals surface area contributed by atoms with Crippen LogP contribution in [0.2, 0.25) is 0 Å². The maximum Gasteiger partial charge on any atom is 0.206 e. The lowest BCUT2D eigenvalue weighted by Crippen LogP contribution is -2.29. The van der Waals surface area contributed by atoms with Crippen molar-refractivity contribution >= 4 is 79.8 Å². The summed E-state index contributed by atoms with van der Waals surface area (Å²) in [6, 6.07) is 57.7. The molecule has 74 heavy (non-hydrogen) atoms. The first kappa shape index (κ1) is 46.3. The second-order valence-electron chi connectivity index (χ2n) is 20.0. The minimum Gasteiger partial charge on any atom is -0.485 e. The van der Waals surface area contributed by atoms with E-state index < -0.39 is 15.1 Å². The fourth-order valence-corrected chi connectivity index (χ4v) is 17.5. The van der Waals surface area contributed by atoms with Crippen LogP contribution in [0.5, 0.6) is 23.0 Å². The van der Waals surface area contributed by atoms with Gasteiger partial charge in [-0.15, -0.1) is 0 Å². The Labute approximate surface area is 435 Å². The van der Waals surface area contributed by atoms with Crippen LogP contribution in [-0.4, -0.2) is 80.8 Å². The van der Waals surface area contributed by atoms with Gasteiger partial charge >= 0.3 is 0 Å². The summed E-state index contributed by atoms with van der Waals surface area (Å²) in [5, 5.41) is 13.0. The van der Waals surface area contributed by atoms with Crippen LogP contribution in [0.15, 0.2) is 158 Å². The number of nitrogens with zero attached hydrogens (tertiary/aromatic N) is 4. The third-order valence-corrected chi connectivity index (χ3v) is 20.8. The fourth-order valence-electron chi connectivity index (χ4n) is 11.8. The molecule has 2 aromatic heterocycles. The SMILES string of the molecule is Cc1ccccc1-c1c2ccc3c(c2[p+](-c2ccccc2)c2c4c(ccc12)N(C)CCO4)OCCN3C.Cc1ccccc1-c1c2ccc3c(c2[p+](-c2ccccc2)c2c4c(ccc12)N(C)CCO4)OCCN3C. The summed E-state index contributed by atoms with van der Waals surface area (Å²) in [6.07, 6.45) is 0. The zero-order valence-corrected chi connectivity index (χ0v) is 44.8. The zero-order chi connectivity index (χ0) is 50.2. The van der Waals surface area contributed by atoms with Gasteiger partial charge in [0.05, 0.1) is 48.9 Å². The molecular weight excluding hydrogens is 951 g/mol. The van der Waals surface area contributed by atoms with E-state index in [2.05, 4.69) is 219 Å². The summed E-state index contributed by atoms with van der Waals surface area (Å²) in [4.78, 5) is 9.30. The van der Waals surface area contributed by atoms with Crippen molar-refractivity contribution in [1.29, 1.82) is 0 Å². The van der Waals surface area contributed by atoms with Crippen molar-refractivity contribution in [3.8, 4) is 55.9 Å². The molecule has 0 spiro atoms. The van der Waals surface area contributed by atoms with Gasteiger partial charge in [0.2, 0.25) is 20.5 Å². The number of fused-ring (bicyclic) bond motifs is 12. The highest BCUT2D eigenvalue weighted by atomic mass is 31.1. The lowest BCUT2D eigenvalue weighted by atomic mass is 9.94. The normalized spacial score (nSPS) is 14.8. The van der Waals surface area contributed by atoms with Crippen LogP contribution < -0.4 is 38.5 Å². The number of ether oxygens (including phenoxy) is 4. The molecule has 4 aliphatic rings. The first-order valence-corrected chi connectivity index (χ1v) is 28.6. The molecule has 6 heterocycles. The highest BCUT2D eigenvalue weighted by Gasteiger charge is 2.38. The molecule has 0 aliphatic carbocycles. The third kappa shape index (κ3) is 7.48. The summed E-state index contributed by atoms with van der Waals surface area (Å²) < 4.78 is 26.2. The molecule has 8 nitrogen and oxygen atoms in total. The van der Waals surface area contributed by atoms with E-state index in [1.54, 1.807) is 0 Å². The van der Waals surface area contributed by atoms with E-state index in [1.807, 2.05) is 0 Å². The van der Waals surface area contributed by atoms with Crippen molar-refractivity contribution in [3.63, 3.8) is 0 Å². The predicted octanol–water partition coefficient (Wildman–Crippen LogP) is 15.8. The van der Waals surface area contributed by atoms with Crippen LogP contribution in [0.1, 0.15) is 11.1 Å². The zero-order valence-electron chi connectivity index (χ0n) is 43.0. The number of benzene rings is 8. The molecule has 0 amide bonds. The number of hydrogen-bond acceptors (Lipinski definition) is 8. The van der Waals surface area contributed by atoms with Gasteiger partial charge in [-0.3, -0.25) is 0 Å². The highest BCUT2D eigenvalue weighted by Crippen LogP contribution is 2.65. The molecule has 0 N–H and O–H groups in total. The molecule has 0 bridgehead atoms. The Morgan fingerprint density at radius 3 is 0.878 bits per heavy atom. The Hall–Kier alpha value is -7.50. The maximum atomic E-state index is 6.55. The van der Waals surface area contributed by atoms with Crippen molar-refractivity contribution in [1.82, 2.24) is 0 Å². The molecule has 0 saturated heterocycles. The van der Waals surface area contributed by atoms with Crippen LogP contribution in [0.4, 0.5) is 22.7 Å². The average Bonchev–Trinajstić information content (AvgIpc) is 3.45. The van der Waals surface area contributed by atoms with Gasteiger partial charge in [-0.2, -0.15) is 0 Å². The molecule has 8 aromatic carbocycles. The van der Waals surface area contributed by atoms with Crippen molar-refractivity contribution in [2.75, 3.05) is 100 Å². The van der Waals surface area contributed by atoms with Gasteiger partial charge < -0.3 is 38.5 Å². The lowest BCUT2D eigenvalue weighted by molar-refractivity contribution is 0.315. The van der Waals surface area contributed by atoms with Crippen LogP contribution in [0.25, 0.3) is 74.9 Å². The predicted molar refractivity (Wildman–Crippen MR) is 315 cm³/mol. The Morgan fingerprint density at radius 2 is 0.595 bits per heavy atom. The number of aryl methyl sites for hydroxylation is 2. The molecule has 0 radical (unpaired) electrons. The quantitative estimate of drug-likeness (QED) is 0.162. The van der Waals surface area contributed by atoms with Crippen molar-refractivity contribution in [3.05, 3.63) is 169 Å². The van der Waals surface area contributed by atoms with Crippen LogP contribution in [-0.2, 0) is 0 Å². The number of likely N-dealkylation sites (N-methyl/N-ethyl adjacent to an activating group) is 4. The molecule has 10 aromatic rings. The molecule has 4 aliphatic heterocycles. The largest absolute Gasteiger partial charge is 0.485 e. The smallest absolute Gasteiger partial charge is 0.206 e. The average molecular weight is 1010 g/mol. The minimum absolute atomic E-state index is 0.691. The minimum atomic E-state index is -0.917. The summed E-state index contributed by atoms with van der Waals surface area (Å²) in [5.74, 6) is 4.11. The van der Waals surface area contributed by atoms with Gasteiger partial charge in [0, 0.05) is 60.9 Å². The van der Waals surface area contributed by atoms with E-state index in [0.717, 1.165) is 49.2 Å². The van der Waals surface area contributed by atoms with E-state index in [1.165, 1.54) is 109 Å². The van der Waals surface area contributed by atoms with Crippen LogP contribution in [0, 0.1) is 13.8 Å². The molecule has 0 fully saturated rings. The fraction of sp³-hybridized carbons (Fsp3) is 0.219. The summed E-state index contributed by atoms with van der Waals surface area (Å²) in [6.45, 7) is 10.8. The Balaban J connectivity index is 0.000000143.